The second-order valence-electron chi connectivity index (χ2n) is 4.51. The Morgan fingerprint density at radius 1 is 1.50 bits per heavy atom. The van der Waals surface area contributed by atoms with Gasteiger partial charge < -0.3 is 15.5 Å². The first kappa shape index (κ1) is 14.4. The summed E-state index contributed by atoms with van der Waals surface area (Å²) < 4.78 is 0. The van der Waals surface area contributed by atoms with Gasteiger partial charge >= 0.3 is 0 Å². The summed E-state index contributed by atoms with van der Waals surface area (Å²) in [7, 11) is 5.53. The number of carbonyl (C=O) groups excluding carboxylic acids is 1. The summed E-state index contributed by atoms with van der Waals surface area (Å²) in [6.45, 7) is 3.47. The highest BCUT2D eigenvalue weighted by molar-refractivity contribution is 5.78. The van der Waals surface area contributed by atoms with Gasteiger partial charge in [-0.2, -0.15) is 0 Å². The minimum Gasteiger partial charge on any atom is -0.373 e. The van der Waals surface area contributed by atoms with E-state index in [1.807, 2.05) is 33.2 Å². The van der Waals surface area contributed by atoms with Crippen molar-refractivity contribution in [1.82, 2.24) is 15.2 Å². The highest BCUT2D eigenvalue weighted by Gasteiger charge is 2.13. The second-order valence-corrected chi connectivity index (χ2v) is 4.51. The van der Waals surface area contributed by atoms with Gasteiger partial charge in [-0.25, -0.2) is 4.98 Å². The summed E-state index contributed by atoms with van der Waals surface area (Å²) >= 11 is 0. The summed E-state index contributed by atoms with van der Waals surface area (Å²) in [6, 6.07) is 4.00. The van der Waals surface area contributed by atoms with Gasteiger partial charge in [-0.15, -0.1) is 0 Å². The van der Waals surface area contributed by atoms with Crippen LogP contribution in [0, 0.1) is 5.92 Å². The van der Waals surface area contributed by atoms with Crippen LogP contribution in [-0.4, -0.2) is 43.5 Å². The maximum Gasteiger partial charge on any atom is 0.223 e. The highest BCUT2D eigenvalue weighted by atomic mass is 16.1. The first-order valence-electron chi connectivity index (χ1n) is 6.09. The number of hydrogen-bond acceptors (Lipinski definition) is 4. The summed E-state index contributed by atoms with van der Waals surface area (Å²) in [6.07, 6.45) is 1.79. The van der Waals surface area contributed by atoms with E-state index in [1.54, 1.807) is 13.2 Å². The molecular formula is C13H22N4O. The molecule has 0 radical (unpaired) electrons. The number of nitrogens with zero attached hydrogens (tertiary/aromatic N) is 2. The van der Waals surface area contributed by atoms with E-state index in [2.05, 4.69) is 20.5 Å². The topological polar surface area (TPSA) is 57.3 Å². The molecule has 2 N–H and O–H groups in total. The maximum absolute atomic E-state index is 11.4. The van der Waals surface area contributed by atoms with Crippen LogP contribution < -0.4 is 10.6 Å². The molecule has 18 heavy (non-hydrogen) atoms. The number of anilines is 1. The van der Waals surface area contributed by atoms with Crippen LogP contribution in [0.2, 0.25) is 0 Å². The molecule has 1 amide bonds. The molecule has 5 heteroatoms. The number of rotatable bonds is 6. The van der Waals surface area contributed by atoms with Crippen molar-refractivity contribution in [3.05, 3.63) is 23.9 Å². The standard InChI is InChI=1S/C13H22N4O/c1-10(13(18)15-3)8-17(4)9-11-5-6-16-12(7-11)14-2/h5-7,10H,8-9H2,1-4H3,(H,14,16)(H,15,18). The molecule has 100 valence electrons. The molecule has 0 aliphatic heterocycles. The predicted octanol–water partition coefficient (Wildman–Crippen LogP) is 0.937. The molecule has 5 nitrogen and oxygen atoms in total. The Kier molecular flexibility index (Phi) is 5.58. The molecule has 0 spiro atoms. The summed E-state index contributed by atoms with van der Waals surface area (Å²) in [5, 5.41) is 5.68. The van der Waals surface area contributed by atoms with E-state index in [0.29, 0.717) is 0 Å². The Morgan fingerprint density at radius 2 is 2.22 bits per heavy atom. The van der Waals surface area contributed by atoms with Crippen molar-refractivity contribution in [3.8, 4) is 0 Å². The Morgan fingerprint density at radius 3 is 2.83 bits per heavy atom. The number of aromatic nitrogens is 1. The molecule has 0 aliphatic rings. The average molecular weight is 250 g/mol. The van der Waals surface area contributed by atoms with Gasteiger partial charge in [0, 0.05) is 39.3 Å². The van der Waals surface area contributed by atoms with Crippen molar-refractivity contribution in [2.24, 2.45) is 5.92 Å². The molecule has 0 saturated heterocycles. The predicted molar refractivity (Wildman–Crippen MR) is 73.3 cm³/mol. The van der Waals surface area contributed by atoms with E-state index < -0.39 is 0 Å². The fourth-order valence-corrected chi connectivity index (χ4v) is 1.88. The fraction of sp³-hybridized carbons (Fsp3) is 0.538. The lowest BCUT2D eigenvalue weighted by Crippen LogP contribution is -2.34. The third kappa shape index (κ3) is 4.33. The van der Waals surface area contributed by atoms with Crippen molar-refractivity contribution in [2.45, 2.75) is 13.5 Å². The smallest absolute Gasteiger partial charge is 0.223 e. The molecule has 1 rings (SSSR count). The molecule has 1 unspecified atom stereocenters. The van der Waals surface area contributed by atoms with Gasteiger partial charge in [-0.1, -0.05) is 6.92 Å². The van der Waals surface area contributed by atoms with Crippen LogP contribution in [0.3, 0.4) is 0 Å². The normalized spacial score (nSPS) is 12.3. The van der Waals surface area contributed by atoms with Crippen molar-refractivity contribution >= 4 is 11.7 Å². The van der Waals surface area contributed by atoms with Gasteiger partial charge in [-0.05, 0) is 24.7 Å². The van der Waals surface area contributed by atoms with E-state index >= 15 is 0 Å². The number of carbonyl (C=O) groups is 1. The number of hydrogen-bond donors (Lipinski definition) is 2. The van der Waals surface area contributed by atoms with E-state index in [-0.39, 0.29) is 11.8 Å². The molecule has 0 saturated carbocycles. The van der Waals surface area contributed by atoms with Crippen LogP contribution in [0.1, 0.15) is 12.5 Å². The summed E-state index contributed by atoms with van der Waals surface area (Å²) in [5.74, 6) is 0.929. The van der Waals surface area contributed by atoms with Gasteiger partial charge in [-0.3, -0.25) is 4.79 Å². The lowest BCUT2D eigenvalue weighted by molar-refractivity contribution is -0.124. The molecule has 1 aromatic heterocycles. The zero-order valence-corrected chi connectivity index (χ0v) is 11.5. The van der Waals surface area contributed by atoms with E-state index in [9.17, 15) is 4.79 Å². The fourth-order valence-electron chi connectivity index (χ4n) is 1.88. The second kappa shape index (κ2) is 6.96. The van der Waals surface area contributed by atoms with Gasteiger partial charge in [0.25, 0.3) is 0 Å². The molecule has 1 atom stereocenters. The summed E-state index contributed by atoms with van der Waals surface area (Å²) in [5.41, 5.74) is 1.18. The molecule has 0 aliphatic carbocycles. The van der Waals surface area contributed by atoms with Crippen LogP contribution in [-0.2, 0) is 11.3 Å². The zero-order valence-electron chi connectivity index (χ0n) is 11.5. The molecule has 1 aromatic rings. The first-order valence-corrected chi connectivity index (χ1v) is 6.09. The molecule has 0 bridgehead atoms. The number of amides is 1. The van der Waals surface area contributed by atoms with Gasteiger partial charge in [0.1, 0.15) is 5.82 Å². The van der Waals surface area contributed by atoms with Crippen molar-refractivity contribution in [3.63, 3.8) is 0 Å². The highest BCUT2D eigenvalue weighted by Crippen LogP contribution is 2.09. The minimum absolute atomic E-state index is 0.00870. The van der Waals surface area contributed by atoms with E-state index in [4.69, 9.17) is 0 Å². The van der Waals surface area contributed by atoms with Gasteiger partial charge in [0.15, 0.2) is 0 Å². The largest absolute Gasteiger partial charge is 0.373 e. The van der Waals surface area contributed by atoms with Crippen LogP contribution >= 0.6 is 0 Å². The van der Waals surface area contributed by atoms with Crippen molar-refractivity contribution in [2.75, 3.05) is 33.0 Å². The quantitative estimate of drug-likeness (QED) is 0.789. The average Bonchev–Trinajstić information content (AvgIpc) is 2.37. The number of pyridine rings is 1. The maximum atomic E-state index is 11.4. The van der Waals surface area contributed by atoms with Crippen molar-refractivity contribution in [1.29, 1.82) is 0 Å². The monoisotopic (exact) mass is 250 g/mol. The Labute approximate surface area is 109 Å². The Balaban J connectivity index is 2.53. The molecular weight excluding hydrogens is 228 g/mol. The Hall–Kier alpha value is -1.62. The van der Waals surface area contributed by atoms with Crippen LogP contribution in [0.4, 0.5) is 5.82 Å². The van der Waals surface area contributed by atoms with Gasteiger partial charge in [0.05, 0.1) is 0 Å². The van der Waals surface area contributed by atoms with E-state index in [1.165, 1.54) is 5.56 Å². The van der Waals surface area contributed by atoms with Crippen LogP contribution in [0.25, 0.3) is 0 Å². The third-order valence-corrected chi connectivity index (χ3v) is 2.81. The Bertz CT molecular complexity index is 394. The van der Waals surface area contributed by atoms with Crippen LogP contribution in [0.5, 0.6) is 0 Å². The van der Waals surface area contributed by atoms with Crippen LogP contribution in [0.15, 0.2) is 18.3 Å². The molecule has 1 heterocycles. The lowest BCUT2D eigenvalue weighted by atomic mass is 10.1. The molecule has 0 aromatic carbocycles. The summed E-state index contributed by atoms with van der Waals surface area (Å²) in [4.78, 5) is 17.7. The third-order valence-electron chi connectivity index (χ3n) is 2.81. The van der Waals surface area contributed by atoms with Crippen molar-refractivity contribution < 1.29 is 4.79 Å². The SMILES string of the molecule is CNC(=O)C(C)CN(C)Cc1ccnc(NC)c1. The van der Waals surface area contributed by atoms with Gasteiger partial charge in [0.2, 0.25) is 5.91 Å². The zero-order chi connectivity index (χ0) is 13.5. The minimum atomic E-state index is -0.00870. The lowest BCUT2D eigenvalue weighted by Gasteiger charge is -2.20. The first-order chi connectivity index (χ1) is 8.56. The number of nitrogens with one attached hydrogen (secondary N) is 2. The van der Waals surface area contributed by atoms with E-state index in [0.717, 1.165) is 18.9 Å². The molecule has 0 fully saturated rings.